The number of amides is 1. The van der Waals surface area contributed by atoms with Gasteiger partial charge in [-0.1, -0.05) is 48.9 Å². The van der Waals surface area contributed by atoms with E-state index in [1.807, 2.05) is 12.2 Å². The Hall–Kier alpha value is -3.58. The van der Waals surface area contributed by atoms with E-state index in [4.69, 9.17) is 11.6 Å². The smallest absolute Gasteiger partial charge is 0.265 e. The number of carbonyl (C=O) groups excluding carboxylic acids is 3. The molecule has 38 heavy (non-hydrogen) atoms. The van der Waals surface area contributed by atoms with Crippen molar-refractivity contribution in [3.8, 4) is 0 Å². The number of ketones is 1. The highest BCUT2D eigenvalue weighted by atomic mass is 35.5. The first-order valence-electron chi connectivity index (χ1n) is 12.6. The maximum absolute atomic E-state index is 14.4. The molecule has 0 bridgehead atoms. The van der Waals surface area contributed by atoms with Gasteiger partial charge in [-0.15, -0.1) is 0 Å². The Labute approximate surface area is 224 Å². The first-order valence-corrected chi connectivity index (χ1v) is 12.9. The van der Waals surface area contributed by atoms with Crippen molar-refractivity contribution in [2.75, 3.05) is 13.1 Å². The molecule has 2 heterocycles. The highest BCUT2D eigenvalue weighted by Crippen LogP contribution is 2.45. The topological polar surface area (TPSA) is 59.4 Å². The fraction of sp³-hybridized carbons (Fsp3) is 0.300. The predicted molar refractivity (Wildman–Crippen MR) is 142 cm³/mol. The van der Waals surface area contributed by atoms with E-state index in [0.29, 0.717) is 29.0 Å². The van der Waals surface area contributed by atoms with Gasteiger partial charge in [0.1, 0.15) is 0 Å². The van der Waals surface area contributed by atoms with Crippen molar-refractivity contribution in [2.24, 2.45) is 11.3 Å². The second kappa shape index (κ2) is 9.95. The van der Waals surface area contributed by atoms with Crippen molar-refractivity contribution < 1.29 is 23.2 Å². The maximum atomic E-state index is 14.4. The zero-order valence-corrected chi connectivity index (χ0v) is 21.9. The Bertz CT molecular complexity index is 1530. The summed E-state index contributed by atoms with van der Waals surface area (Å²) in [6, 6.07) is 8.21. The molecule has 1 aliphatic heterocycles. The number of halogens is 3. The average Bonchev–Trinajstić information content (AvgIpc) is 3.28. The third kappa shape index (κ3) is 4.49. The minimum absolute atomic E-state index is 0.0740. The number of fused-ring (bicyclic) bond motifs is 1. The molecule has 0 radical (unpaired) electrons. The molecule has 1 saturated heterocycles. The van der Waals surface area contributed by atoms with Gasteiger partial charge in [0.25, 0.3) is 11.8 Å². The number of aromatic nitrogens is 1. The van der Waals surface area contributed by atoms with Gasteiger partial charge in [-0.05, 0) is 67.4 Å². The quantitative estimate of drug-likeness (QED) is 0.378. The zero-order chi connectivity index (χ0) is 27.2. The summed E-state index contributed by atoms with van der Waals surface area (Å²) in [7, 11) is 0. The third-order valence-corrected chi connectivity index (χ3v) is 8.23. The van der Waals surface area contributed by atoms with Crippen LogP contribution in [0.3, 0.4) is 0 Å². The molecule has 1 amide bonds. The normalized spacial score (nSPS) is 18.9. The number of allylic oxidation sites excluding steroid dienone is 4. The molecular formula is C30H27ClF2N2O3. The summed E-state index contributed by atoms with van der Waals surface area (Å²) in [5.74, 6) is -3.25. The van der Waals surface area contributed by atoms with Gasteiger partial charge in [-0.2, -0.15) is 0 Å². The van der Waals surface area contributed by atoms with Crippen LogP contribution in [-0.2, 0) is 4.79 Å². The van der Waals surface area contributed by atoms with Crippen LogP contribution < -0.4 is 0 Å². The molecule has 1 aliphatic carbocycles. The molecule has 8 heteroatoms. The van der Waals surface area contributed by atoms with E-state index in [1.54, 1.807) is 24.0 Å². The van der Waals surface area contributed by atoms with Crippen LogP contribution in [-0.4, -0.2) is 40.2 Å². The molecule has 2 aliphatic rings. The van der Waals surface area contributed by atoms with Crippen LogP contribution in [0.1, 0.15) is 53.8 Å². The summed E-state index contributed by atoms with van der Waals surface area (Å²) < 4.78 is 29.4. The maximum Gasteiger partial charge on any atom is 0.265 e. The van der Waals surface area contributed by atoms with Crippen molar-refractivity contribution in [3.63, 3.8) is 0 Å². The van der Waals surface area contributed by atoms with Gasteiger partial charge in [0, 0.05) is 29.7 Å². The Morgan fingerprint density at radius 3 is 2.47 bits per heavy atom. The lowest BCUT2D eigenvalue weighted by Gasteiger charge is -2.45. The highest BCUT2D eigenvalue weighted by Gasteiger charge is 2.41. The van der Waals surface area contributed by atoms with Crippen LogP contribution in [0.5, 0.6) is 0 Å². The van der Waals surface area contributed by atoms with E-state index < -0.39 is 23.1 Å². The second-order valence-electron chi connectivity index (χ2n) is 10.3. The van der Waals surface area contributed by atoms with E-state index in [2.05, 4.69) is 13.0 Å². The van der Waals surface area contributed by atoms with Crippen molar-refractivity contribution in [2.45, 2.75) is 33.1 Å². The van der Waals surface area contributed by atoms with Crippen LogP contribution in [0.25, 0.3) is 10.9 Å². The minimum atomic E-state index is -1.25. The molecule has 0 saturated carbocycles. The van der Waals surface area contributed by atoms with Crippen LogP contribution >= 0.6 is 11.6 Å². The lowest BCUT2D eigenvalue weighted by Crippen LogP contribution is -2.45. The number of nitrogens with zero attached hydrogens (tertiary/aromatic N) is 2. The zero-order valence-electron chi connectivity index (χ0n) is 21.1. The van der Waals surface area contributed by atoms with Gasteiger partial charge in [-0.25, -0.2) is 8.78 Å². The first kappa shape index (κ1) is 26.0. The van der Waals surface area contributed by atoms with Crippen molar-refractivity contribution in [1.82, 2.24) is 9.47 Å². The van der Waals surface area contributed by atoms with Crippen LogP contribution in [0.4, 0.5) is 8.78 Å². The fourth-order valence-electron chi connectivity index (χ4n) is 5.73. The van der Waals surface area contributed by atoms with E-state index in [1.165, 1.54) is 24.4 Å². The van der Waals surface area contributed by atoms with Crippen LogP contribution in [0.15, 0.2) is 66.4 Å². The SMILES string of the molecule is CC(=O)C1=CC=CCC1C1(C)CCN(C(=O)c2cn(C(=O)c3cccc(F)c3F)c3cc(Cl)ccc23)CC1. The largest absolute Gasteiger partial charge is 0.339 e. The van der Waals surface area contributed by atoms with E-state index in [0.717, 1.165) is 35.5 Å². The summed E-state index contributed by atoms with van der Waals surface area (Å²) in [6.07, 6.45) is 9.53. The van der Waals surface area contributed by atoms with Gasteiger partial charge in [0.05, 0.1) is 16.6 Å². The molecule has 0 N–H and O–H groups in total. The molecule has 5 nitrogen and oxygen atoms in total. The molecule has 2 aromatic carbocycles. The Morgan fingerprint density at radius 1 is 1.03 bits per heavy atom. The fourth-order valence-corrected chi connectivity index (χ4v) is 5.90. The number of carbonyl (C=O) groups is 3. The van der Waals surface area contributed by atoms with Gasteiger partial charge < -0.3 is 4.90 Å². The molecule has 5 rings (SSSR count). The number of benzene rings is 2. The Morgan fingerprint density at radius 2 is 1.76 bits per heavy atom. The van der Waals surface area contributed by atoms with Crippen LogP contribution in [0.2, 0.25) is 5.02 Å². The standard InChI is InChI=1S/C30H27ClF2N2O3/c1-18(36)20-6-3-4-8-24(20)30(2)12-14-34(15-13-30)28(37)23-17-35(26-16-19(31)10-11-21(23)26)29(38)22-7-5-9-25(32)27(22)33/h3-7,9-11,16-17,24H,8,12-15H2,1-2H3. The van der Waals surface area contributed by atoms with Crippen molar-refractivity contribution >= 4 is 40.1 Å². The van der Waals surface area contributed by atoms with E-state index >= 15 is 0 Å². The Kier molecular flexibility index (Phi) is 6.82. The molecule has 1 fully saturated rings. The van der Waals surface area contributed by atoms with Crippen LogP contribution in [0, 0.1) is 23.0 Å². The van der Waals surface area contributed by atoms with E-state index in [9.17, 15) is 23.2 Å². The molecule has 1 unspecified atom stereocenters. The minimum Gasteiger partial charge on any atom is -0.339 e. The predicted octanol–water partition coefficient (Wildman–Crippen LogP) is 6.60. The van der Waals surface area contributed by atoms with Crippen molar-refractivity contribution in [3.05, 3.63) is 94.2 Å². The number of rotatable bonds is 4. The lowest BCUT2D eigenvalue weighted by molar-refractivity contribution is -0.114. The first-order chi connectivity index (χ1) is 18.1. The summed E-state index contributed by atoms with van der Waals surface area (Å²) in [5, 5.41) is 0.838. The molecule has 196 valence electrons. The van der Waals surface area contributed by atoms with Crippen molar-refractivity contribution in [1.29, 1.82) is 0 Å². The summed E-state index contributed by atoms with van der Waals surface area (Å²) in [6.45, 7) is 4.76. The molecular weight excluding hydrogens is 510 g/mol. The lowest BCUT2D eigenvalue weighted by atomic mass is 9.64. The monoisotopic (exact) mass is 536 g/mol. The highest BCUT2D eigenvalue weighted by molar-refractivity contribution is 6.31. The van der Waals surface area contributed by atoms with Gasteiger partial charge >= 0.3 is 0 Å². The van der Waals surface area contributed by atoms with Gasteiger partial charge in [-0.3, -0.25) is 19.0 Å². The number of likely N-dealkylation sites (tertiary alicyclic amines) is 1. The molecule has 3 aromatic rings. The second-order valence-corrected chi connectivity index (χ2v) is 10.8. The number of Topliss-reactive ketones (excluding diaryl/α,β-unsaturated/α-hetero) is 1. The summed E-state index contributed by atoms with van der Waals surface area (Å²) in [5.41, 5.74) is 0.881. The average molecular weight is 537 g/mol. The molecule has 1 atom stereocenters. The number of piperidine rings is 1. The molecule has 1 aromatic heterocycles. The summed E-state index contributed by atoms with van der Waals surface area (Å²) in [4.78, 5) is 41.0. The van der Waals surface area contributed by atoms with Gasteiger partial charge in [0.15, 0.2) is 17.4 Å². The summed E-state index contributed by atoms with van der Waals surface area (Å²) >= 11 is 6.19. The molecule has 0 spiro atoms. The number of hydrogen-bond acceptors (Lipinski definition) is 3. The third-order valence-electron chi connectivity index (χ3n) is 8.00. The van der Waals surface area contributed by atoms with E-state index in [-0.39, 0.29) is 28.6 Å². The Balaban J connectivity index is 1.44. The number of hydrogen-bond donors (Lipinski definition) is 0. The van der Waals surface area contributed by atoms with Gasteiger partial charge in [0.2, 0.25) is 0 Å².